The van der Waals surface area contributed by atoms with Crippen LogP contribution in [0.2, 0.25) is 0 Å². The molecule has 2 fully saturated rings. The molecule has 15 heavy (non-hydrogen) atoms. The van der Waals surface area contributed by atoms with Crippen LogP contribution in [0.15, 0.2) is 0 Å². The highest BCUT2D eigenvalue weighted by Gasteiger charge is 2.36. The van der Waals surface area contributed by atoms with Gasteiger partial charge < -0.3 is 10.6 Å². The lowest BCUT2D eigenvalue weighted by molar-refractivity contribution is 0.341. The first-order chi connectivity index (χ1) is 7.12. The third kappa shape index (κ3) is 2.18. The van der Waals surface area contributed by atoms with Crippen molar-refractivity contribution in [3.8, 4) is 0 Å². The molecule has 2 heterocycles. The third-order valence-corrected chi connectivity index (χ3v) is 5.54. The Labute approximate surface area is 91.3 Å². The van der Waals surface area contributed by atoms with Gasteiger partial charge in [0.05, 0.1) is 5.25 Å². The van der Waals surface area contributed by atoms with Crippen molar-refractivity contribution in [2.75, 3.05) is 32.7 Å². The van der Waals surface area contributed by atoms with Crippen molar-refractivity contribution in [1.29, 1.82) is 0 Å². The summed E-state index contributed by atoms with van der Waals surface area (Å²) in [5.74, 6) is 0. The minimum absolute atomic E-state index is 0.164. The fraction of sp³-hybridized carbons (Fsp3) is 1.00. The van der Waals surface area contributed by atoms with E-state index in [1.54, 1.807) is 11.2 Å². The Bertz CT molecular complexity index is 311. The lowest BCUT2D eigenvalue weighted by atomic mass is 10.2. The molecule has 2 aliphatic heterocycles. The van der Waals surface area contributed by atoms with Gasteiger partial charge in [-0.05, 0) is 19.9 Å². The smallest absolute Gasteiger partial charge is 0.218 e. The SMILES string of the molecule is CC1CNCCN(C2CCNC2)S1(=O)=O. The molecule has 2 saturated heterocycles. The number of nitrogens with zero attached hydrogens (tertiary/aromatic N) is 1. The molecule has 0 aromatic rings. The molecule has 6 heteroatoms. The molecular formula is C9H19N3O2S. The molecule has 0 spiro atoms. The van der Waals surface area contributed by atoms with Crippen LogP contribution in [0.3, 0.4) is 0 Å². The molecule has 0 amide bonds. The summed E-state index contributed by atoms with van der Waals surface area (Å²) in [4.78, 5) is 0. The van der Waals surface area contributed by atoms with E-state index in [4.69, 9.17) is 0 Å². The lowest BCUT2D eigenvalue weighted by Gasteiger charge is -2.27. The third-order valence-electron chi connectivity index (χ3n) is 3.22. The fourth-order valence-electron chi connectivity index (χ4n) is 2.23. The predicted octanol–water partition coefficient (Wildman–Crippen LogP) is -1.03. The number of nitrogens with one attached hydrogen (secondary N) is 2. The van der Waals surface area contributed by atoms with Crippen LogP contribution in [0.4, 0.5) is 0 Å². The summed E-state index contributed by atoms with van der Waals surface area (Å²) in [5, 5.41) is 6.08. The molecule has 88 valence electrons. The van der Waals surface area contributed by atoms with Crippen LogP contribution in [-0.4, -0.2) is 56.7 Å². The van der Waals surface area contributed by atoms with Crippen LogP contribution in [-0.2, 0) is 10.0 Å². The van der Waals surface area contributed by atoms with E-state index in [1.165, 1.54) is 0 Å². The van der Waals surface area contributed by atoms with E-state index in [-0.39, 0.29) is 11.3 Å². The Morgan fingerprint density at radius 2 is 1.93 bits per heavy atom. The van der Waals surface area contributed by atoms with E-state index in [0.717, 1.165) is 26.1 Å². The van der Waals surface area contributed by atoms with E-state index < -0.39 is 10.0 Å². The molecule has 0 saturated carbocycles. The van der Waals surface area contributed by atoms with Crippen LogP contribution < -0.4 is 10.6 Å². The summed E-state index contributed by atoms with van der Waals surface area (Å²) in [6, 6.07) is 0.164. The van der Waals surface area contributed by atoms with Gasteiger partial charge in [-0.25, -0.2) is 8.42 Å². The molecule has 2 aliphatic rings. The minimum Gasteiger partial charge on any atom is -0.315 e. The van der Waals surface area contributed by atoms with Crippen LogP contribution in [0.25, 0.3) is 0 Å². The van der Waals surface area contributed by atoms with Crippen molar-refractivity contribution in [1.82, 2.24) is 14.9 Å². The Balaban J connectivity index is 2.19. The van der Waals surface area contributed by atoms with Crippen LogP contribution in [0.1, 0.15) is 13.3 Å². The minimum atomic E-state index is -3.09. The van der Waals surface area contributed by atoms with E-state index >= 15 is 0 Å². The zero-order valence-electron chi connectivity index (χ0n) is 9.07. The van der Waals surface area contributed by atoms with Gasteiger partial charge in [0, 0.05) is 32.2 Å². The Morgan fingerprint density at radius 3 is 2.60 bits per heavy atom. The maximum absolute atomic E-state index is 12.2. The first kappa shape index (κ1) is 11.3. The van der Waals surface area contributed by atoms with Crippen molar-refractivity contribution in [3.63, 3.8) is 0 Å². The Kier molecular flexibility index (Phi) is 3.30. The Morgan fingerprint density at radius 1 is 1.20 bits per heavy atom. The van der Waals surface area contributed by atoms with Gasteiger partial charge in [-0.1, -0.05) is 0 Å². The summed E-state index contributed by atoms with van der Waals surface area (Å²) in [6.07, 6.45) is 0.936. The first-order valence-electron chi connectivity index (χ1n) is 5.54. The monoisotopic (exact) mass is 233 g/mol. The molecule has 2 unspecified atom stereocenters. The lowest BCUT2D eigenvalue weighted by Crippen LogP contribution is -2.45. The van der Waals surface area contributed by atoms with Crippen molar-refractivity contribution >= 4 is 10.0 Å². The molecule has 0 aromatic carbocycles. The van der Waals surface area contributed by atoms with Crippen molar-refractivity contribution in [2.24, 2.45) is 0 Å². The number of hydrogen-bond donors (Lipinski definition) is 2. The second-order valence-electron chi connectivity index (χ2n) is 4.32. The Hall–Kier alpha value is -0.170. The van der Waals surface area contributed by atoms with E-state index in [2.05, 4.69) is 10.6 Å². The van der Waals surface area contributed by atoms with Crippen LogP contribution in [0.5, 0.6) is 0 Å². The standard InChI is InChI=1S/C9H19N3O2S/c1-8-6-11-4-5-12(15(8,13)14)9-2-3-10-7-9/h8-11H,2-7H2,1H3. The van der Waals surface area contributed by atoms with Crippen molar-refractivity contribution in [2.45, 2.75) is 24.6 Å². The average molecular weight is 233 g/mol. The fourth-order valence-corrected chi connectivity index (χ4v) is 3.97. The largest absolute Gasteiger partial charge is 0.315 e. The van der Waals surface area contributed by atoms with Gasteiger partial charge in [0.2, 0.25) is 10.0 Å². The molecule has 2 rings (SSSR count). The molecule has 2 atom stereocenters. The maximum atomic E-state index is 12.2. The molecule has 0 aliphatic carbocycles. The quantitative estimate of drug-likeness (QED) is 0.608. The van der Waals surface area contributed by atoms with Crippen molar-refractivity contribution < 1.29 is 8.42 Å². The molecule has 0 aromatic heterocycles. The predicted molar refractivity (Wildman–Crippen MR) is 59.2 cm³/mol. The molecular weight excluding hydrogens is 214 g/mol. The van der Waals surface area contributed by atoms with Gasteiger partial charge in [0.25, 0.3) is 0 Å². The van der Waals surface area contributed by atoms with Gasteiger partial charge in [-0.3, -0.25) is 0 Å². The summed E-state index contributed by atoms with van der Waals surface area (Å²) < 4.78 is 26.0. The summed E-state index contributed by atoms with van der Waals surface area (Å²) >= 11 is 0. The second-order valence-corrected chi connectivity index (χ2v) is 6.62. The second kappa shape index (κ2) is 4.37. The van der Waals surface area contributed by atoms with E-state index in [1.807, 2.05) is 0 Å². The highest BCUT2D eigenvalue weighted by molar-refractivity contribution is 7.89. The number of rotatable bonds is 1. The van der Waals surface area contributed by atoms with Gasteiger partial charge in [0.1, 0.15) is 0 Å². The topological polar surface area (TPSA) is 61.4 Å². The van der Waals surface area contributed by atoms with Crippen LogP contribution in [0, 0.1) is 0 Å². The summed E-state index contributed by atoms with van der Waals surface area (Å²) in [6.45, 7) is 5.45. The summed E-state index contributed by atoms with van der Waals surface area (Å²) in [5.41, 5.74) is 0. The van der Waals surface area contributed by atoms with Gasteiger partial charge in [-0.15, -0.1) is 0 Å². The summed E-state index contributed by atoms with van der Waals surface area (Å²) in [7, 11) is -3.09. The molecule has 5 nitrogen and oxygen atoms in total. The zero-order valence-corrected chi connectivity index (χ0v) is 9.89. The molecule has 2 N–H and O–H groups in total. The van der Waals surface area contributed by atoms with Gasteiger partial charge in [-0.2, -0.15) is 4.31 Å². The normalized spacial score (nSPS) is 37.7. The number of sulfonamides is 1. The van der Waals surface area contributed by atoms with Gasteiger partial charge in [0.15, 0.2) is 0 Å². The molecule has 0 bridgehead atoms. The zero-order chi connectivity index (χ0) is 10.9. The van der Waals surface area contributed by atoms with E-state index in [9.17, 15) is 8.42 Å². The van der Waals surface area contributed by atoms with Gasteiger partial charge >= 0.3 is 0 Å². The highest BCUT2D eigenvalue weighted by Crippen LogP contribution is 2.18. The maximum Gasteiger partial charge on any atom is 0.218 e. The van der Waals surface area contributed by atoms with Crippen molar-refractivity contribution in [3.05, 3.63) is 0 Å². The average Bonchev–Trinajstić information content (AvgIpc) is 2.65. The number of hydrogen-bond acceptors (Lipinski definition) is 4. The van der Waals surface area contributed by atoms with E-state index in [0.29, 0.717) is 13.1 Å². The van der Waals surface area contributed by atoms with Crippen LogP contribution >= 0.6 is 0 Å². The highest BCUT2D eigenvalue weighted by atomic mass is 32.2. The molecule has 0 radical (unpaired) electrons. The first-order valence-corrected chi connectivity index (χ1v) is 7.05.